The van der Waals surface area contributed by atoms with Crippen LogP contribution in [0.2, 0.25) is 5.02 Å². The van der Waals surface area contributed by atoms with Crippen LogP contribution in [0.4, 0.5) is 10.5 Å². The summed E-state index contributed by atoms with van der Waals surface area (Å²) in [6, 6.07) is 4.00. The number of hydrogen-bond donors (Lipinski definition) is 1. The normalized spacial score (nSPS) is 18.5. The number of rotatable bonds is 1. The lowest BCUT2D eigenvalue weighted by atomic mass is 9.88. The Hall–Kier alpha value is -1.40. The Kier molecular flexibility index (Phi) is 3.40. The Morgan fingerprint density at radius 2 is 1.89 bits per heavy atom. The highest BCUT2D eigenvalue weighted by atomic mass is 79.9. The van der Waals surface area contributed by atoms with Crippen molar-refractivity contribution in [3.8, 4) is 0 Å². The Morgan fingerprint density at radius 3 is 2.53 bits per heavy atom. The molecule has 0 spiro atoms. The Morgan fingerprint density at radius 1 is 1.26 bits per heavy atom. The number of nitrogens with zero attached hydrogens (tertiary/aromatic N) is 1. The third-order valence-corrected chi connectivity index (χ3v) is 3.69. The molecule has 1 aromatic carbocycles. The van der Waals surface area contributed by atoms with E-state index in [0.717, 1.165) is 4.90 Å². The standard InChI is InChI=1S/C12H10BrClN2O3/c1-12(2)9(17)15-11(19)16(10(12)18)8-5-6(13)3-4-7(8)14/h3-5H,1-2H3,(H,15,17,19). The maximum atomic E-state index is 12.3. The van der Waals surface area contributed by atoms with Gasteiger partial charge in [-0.05, 0) is 32.0 Å². The maximum Gasteiger partial charge on any atom is 0.335 e. The summed E-state index contributed by atoms with van der Waals surface area (Å²) in [6.45, 7) is 2.91. The zero-order valence-electron chi connectivity index (χ0n) is 10.2. The fourth-order valence-corrected chi connectivity index (χ4v) is 2.21. The lowest BCUT2D eigenvalue weighted by Crippen LogP contribution is -2.62. The number of amides is 4. The number of urea groups is 1. The van der Waals surface area contributed by atoms with Crippen LogP contribution in [-0.4, -0.2) is 17.8 Å². The highest BCUT2D eigenvalue weighted by Gasteiger charge is 2.48. The van der Waals surface area contributed by atoms with Crippen molar-refractivity contribution >= 4 is 51.1 Å². The van der Waals surface area contributed by atoms with Crippen LogP contribution in [0, 0.1) is 5.41 Å². The average Bonchev–Trinajstić information content (AvgIpc) is 2.32. The lowest BCUT2D eigenvalue weighted by Gasteiger charge is -2.34. The Labute approximate surface area is 123 Å². The van der Waals surface area contributed by atoms with Crippen LogP contribution in [0.15, 0.2) is 22.7 Å². The molecule has 0 saturated carbocycles. The van der Waals surface area contributed by atoms with Crippen molar-refractivity contribution < 1.29 is 14.4 Å². The summed E-state index contributed by atoms with van der Waals surface area (Å²) >= 11 is 9.26. The van der Waals surface area contributed by atoms with Gasteiger partial charge in [0, 0.05) is 4.47 Å². The molecule has 5 nitrogen and oxygen atoms in total. The second-order valence-corrected chi connectivity index (χ2v) is 5.94. The number of halogens is 2. The third kappa shape index (κ3) is 2.26. The zero-order valence-corrected chi connectivity index (χ0v) is 12.5. The van der Waals surface area contributed by atoms with Crippen LogP contribution in [-0.2, 0) is 9.59 Å². The fraction of sp³-hybridized carbons (Fsp3) is 0.250. The van der Waals surface area contributed by atoms with Crippen LogP contribution >= 0.6 is 27.5 Å². The maximum absolute atomic E-state index is 12.3. The topological polar surface area (TPSA) is 66.5 Å². The SMILES string of the molecule is CC1(C)C(=O)NC(=O)N(c2cc(Br)ccc2Cl)C1=O. The quantitative estimate of drug-likeness (QED) is 0.796. The van der Waals surface area contributed by atoms with E-state index in [1.165, 1.54) is 13.8 Å². The zero-order chi connectivity index (χ0) is 14.4. The molecule has 1 aromatic rings. The second kappa shape index (κ2) is 4.61. The Bertz CT molecular complexity index is 601. The van der Waals surface area contributed by atoms with Gasteiger partial charge in [0.1, 0.15) is 5.41 Å². The van der Waals surface area contributed by atoms with E-state index in [0.29, 0.717) is 4.47 Å². The second-order valence-electron chi connectivity index (χ2n) is 4.62. The molecule has 1 N–H and O–H groups in total. The van der Waals surface area contributed by atoms with Gasteiger partial charge in [0.2, 0.25) is 11.8 Å². The first kappa shape index (κ1) is 14.0. The number of benzene rings is 1. The van der Waals surface area contributed by atoms with Gasteiger partial charge in [-0.2, -0.15) is 0 Å². The van der Waals surface area contributed by atoms with E-state index in [1.807, 2.05) is 0 Å². The van der Waals surface area contributed by atoms with E-state index in [-0.39, 0.29) is 10.7 Å². The summed E-state index contributed by atoms with van der Waals surface area (Å²) < 4.78 is 0.669. The van der Waals surface area contributed by atoms with Crippen molar-refractivity contribution in [1.82, 2.24) is 5.32 Å². The average molecular weight is 346 g/mol. The molecule has 0 unspecified atom stereocenters. The number of hydrogen-bond acceptors (Lipinski definition) is 3. The van der Waals surface area contributed by atoms with Crippen molar-refractivity contribution in [1.29, 1.82) is 0 Å². The molecule has 2 rings (SSSR count). The van der Waals surface area contributed by atoms with Crippen LogP contribution in [0.1, 0.15) is 13.8 Å². The van der Waals surface area contributed by atoms with Crippen molar-refractivity contribution in [2.24, 2.45) is 5.41 Å². The molecule has 0 aromatic heterocycles. The number of nitrogens with one attached hydrogen (secondary N) is 1. The minimum absolute atomic E-state index is 0.235. The van der Waals surface area contributed by atoms with Crippen LogP contribution in [0.5, 0.6) is 0 Å². The summed E-state index contributed by atoms with van der Waals surface area (Å²) in [5.74, 6) is -1.23. The minimum Gasteiger partial charge on any atom is -0.276 e. The molecule has 1 saturated heterocycles. The van der Waals surface area contributed by atoms with E-state index in [2.05, 4.69) is 21.2 Å². The smallest absolute Gasteiger partial charge is 0.276 e. The largest absolute Gasteiger partial charge is 0.335 e. The number of carbonyl (C=O) groups excluding carboxylic acids is 3. The predicted molar refractivity (Wildman–Crippen MR) is 74.0 cm³/mol. The van der Waals surface area contributed by atoms with Crippen molar-refractivity contribution in [3.63, 3.8) is 0 Å². The number of anilines is 1. The molecule has 1 heterocycles. The molecule has 0 aliphatic carbocycles. The molecular formula is C12H10BrClN2O3. The van der Waals surface area contributed by atoms with E-state index >= 15 is 0 Å². The molecule has 7 heteroatoms. The summed E-state index contributed by atoms with van der Waals surface area (Å²) in [5.41, 5.74) is -1.08. The van der Waals surface area contributed by atoms with E-state index in [9.17, 15) is 14.4 Å². The molecule has 0 bridgehead atoms. The van der Waals surface area contributed by atoms with Gasteiger partial charge in [0.25, 0.3) is 0 Å². The third-order valence-electron chi connectivity index (χ3n) is 2.88. The molecule has 1 aliphatic rings. The van der Waals surface area contributed by atoms with E-state index in [4.69, 9.17) is 11.6 Å². The molecule has 1 fully saturated rings. The predicted octanol–water partition coefficient (Wildman–Crippen LogP) is 2.71. The highest BCUT2D eigenvalue weighted by molar-refractivity contribution is 9.10. The monoisotopic (exact) mass is 344 g/mol. The fourth-order valence-electron chi connectivity index (χ4n) is 1.65. The first-order valence-corrected chi connectivity index (χ1v) is 6.57. The van der Waals surface area contributed by atoms with Gasteiger partial charge in [-0.3, -0.25) is 14.9 Å². The van der Waals surface area contributed by atoms with Gasteiger partial charge >= 0.3 is 6.03 Å². The van der Waals surface area contributed by atoms with Crippen LogP contribution in [0.3, 0.4) is 0 Å². The molecule has 100 valence electrons. The molecule has 0 atom stereocenters. The van der Waals surface area contributed by atoms with Gasteiger partial charge < -0.3 is 0 Å². The van der Waals surface area contributed by atoms with Gasteiger partial charge in [0.15, 0.2) is 0 Å². The van der Waals surface area contributed by atoms with Gasteiger partial charge in [0.05, 0.1) is 10.7 Å². The summed E-state index contributed by atoms with van der Waals surface area (Å²) in [7, 11) is 0. The molecular weight excluding hydrogens is 336 g/mol. The Balaban J connectivity index is 2.55. The van der Waals surface area contributed by atoms with Crippen molar-refractivity contribution in [2.45, 2.75) is 13.8 Å². The first-order chi connectivity index (χ1) is 8.75. The summed E-state index contributed by atoms with van der Waals surface area (Å²) in [4.78, 5) is 36.7. The lowest BCUT2D eigenvalue weighted by molar-refractivity contribution is -0.140. The van der Waals surface area contributed by atoms with Gasteiger partial charge in [-0.25, -0.2) is 9.69 Å². The van der Waals surface area contributed by atoms with Crippen LogP contribution < -0.4 is 10.2 Å². The summed E-state index contributed by atoms with van der Waals surface area (Å²) in [5, 5.41) is 2.40. The number of barbiturate groups is 1. The van der Waals surface area contributed by atoms with Gasteiger partial charge in [-0.15, -0.1) is 0 Å². The van der Waals surface area contributed by atoms with Gasteiger partial charge in [-0.1, -0.05) is 27.5 Å². The van der Waals surface area contributed by atoms with Crippen molar-refractivity contribution in [3.05, 3.63) is 27.7 Å². The number of carbonyl (C=O) groups is 3. The first-order valence-electron chi connectivity index (χ1n) is 5.40. The number of imide groups is 2. The summed E-state index contributed by atoms with van der Waals surface area (Å²) in [6.07, 6.45) is 0. The minimum atomic E-state index is -1.32. The van der Waals surface area contributed by atoms with Crippen LogP contribution in [0.25, 0.3) is 0 Å². The van der Waals surface area contributed by atoms with E-state index in [1.54, 1.807) is 18.2 Å². The molecule has 19 heavy (non-hydrogen) atoms. The highest BCUT2D eigenvalue weighted by Crippen LogP contribution is 2.34. The van der Waals surface area contributed by atoms with E-state index < -0.39 is 23.3 Å². The van der Waals surface area contributed by atoms with Crippen molar-refractivity contribution in [2.75, 3.05) is 4.90 Å². The molecule has 0 radical (unpaired) electrons. The molecule has 4 amide bonds. The molecule has 1 aliphatic heterocycles.